The van der Waals surface area contributed by atoms with Crippen LogP contribution < -0.4 is 5.32 Å². The van der Waals surface area contributed by atoms with Crippen molar-refractivity contribution in [1.29, 1.82) is 0 Å². The lowest BCUT2D eigenvalue weighted by Crippen LogP contribution is -2.13. The number of rotatable bonds is 2. The van der Waals surface area contributed by atoms with E-state index in [1.807, 2.05) is 32.0 Å². The maximum Gasteiger partial charge on any atom is 0.257 e. The fourth-order valence-corrected chi connectivity index (χ4v) is 1.95. The van der Waals surface area contributed by atoms with Gasteiger partial charge in [-0.05, 0) is 43.2 Å². The molecule has 0 aliphatic rings. The molecule has 98 valence electrons. The van der Waals surface area contributed by atoms with Crippen molar-refractivity contribution < 1.29 is 4.79 Å². The summed E-state index contributed by atoms with van der Waals surface area (Å²) in [7, 11) is 0. The molecule has 0 atom stereocenters. The highest BCUT2D eigenvalue weighted by Crippen LogP contribution is 2.20. The molecule has 0 spiro atoms. The maximum atomic E-state index is 12.1. The minimum Gasteiger partial charge on any atom is -0.322 e. The van der Waals surface area contributed by atoms with Crippen LogP contribution in [0.4, 0.5) is 5.69 Å². The molecule has 3 nitrogen and oxygen atoms in total. The quantitative estimate of drug-likeness (QED) is 0.841. The average molecular weight is 295 g/mol. The lowest BCUT2D eigenvalue weighted by atomic mass is 10.1. The zero-order chi connectivity index (χ0) is 14.0. The van der Waals surface area contributed by atoms with Gasteiger partial charge in [0.05, 0.1) is 10.6 Å². The second-order valence-electron chi connectivity index (χ2n) is 4.24. The number of aryl methyl sites for hydroxylation is 2. The smallest absolute Gasteiger partial charge is 0.257 e. The van der Waals surface area contributed by atoms with Crippen LogP contribution in [-0.2, 0) is 0 Å². The van der Waals surface area contributed by atoms with Gasteiger partial charge in [-0.2, -0.15) is 0 Å². The highest BCUT2D eigenvalue weighted by Gasteiger charge is 2.12. The first kappa shape index (κ1) is 13.8. The number of hydrogen-bond donors (Lipinski definition) is 1. The van der Waals surface area contributed by atoms with E-state index in [4.69, 9.17) is 23.2 Å². The summed E-state index contributed by atoms with van der Waals surface area (Å²) < 4.78 is 0. The molecule has 0 bridgehead atoms. The van der Waals surface area contributed by atoms with Crippen LogP contribution >= 0.6 is 23.2 Å². The number of carbonyl (C=O) groups excluding carboxylic acids is 1. The van der Waals surface area contributed by atoms with Crippen molar-refractivity contribution in [3.63, 3.8) is 0 Å². The van der Waals surface area contributed by atoms with Gasteiger partial charge in [-0.15, -0.1) is 0 Å². The molecular formula is C14H12Cl2N2O. The topological polar surface area (TPSA) is 42.0 Å². The SMILES string of the molecule is Cc1ccc(NC(=O)c2cc(Cl)ncc2Cl)cc1C. The van der Waals surface area contributed by atoms with Crippen molar-refractivity contribution >= 4 is 34.8 Å². The Labute approximate surface area is 121 Å². The van der Waals surface area contributed by atoms with Crippen molar-refractivity contribution in [3.8, 4) is 0 Å². The molecule has 1 aromatic carbocycles. The van der Waals surface area contributed by atoms with E-state index in [2.05, 4.69) is 10.3 Å². The molecule has 1 amide bonds. The monoisotopic (exact) mass is 294 g/mol. The Morgan fingerprint density at radius 2 is 1.89 bits per heavy atom. The molecule has 0 saturated heterocycles. The van der Waals surface area contributed by atoms with E-state index in [-0.39, 0.29) is 16.1 Å². The summed E-state index contributed by atoms with van der Waals surface area (Å²) in [6, 6.07) is 7.15. The third-order valence-electron chi connectivity index (χ3n) is 2.83. The number of carbonyl (C=O) groups is 1. The van der Waals surface area contributed by atoms with Crippen LogP contribution in [0.15, 0.2) is 30.5 Å². The number of amides is 1. The molecule has 2 aromatic rings. The molecule has 0 saturated carbocycles. The van der Waals surface area contributed by atoms with Gasteiger partial charge in [0.25, 0.3) is 5.91 Å². The van der Waals surface area contributed by atoms with E-state index < -0.39 is 0 Å². The number of halogens is 2. The van der Waals surface area contributed by atoms with Crippen LogP contribution in [-0.4, -0.2) is 10.9 Å². The summed E-state index contributed by atoms with van der Waals surface area (Å²) in [4.78, 5) is 15.9. The molecule has 19 heavy (non-hydrogen) atoms. The standard InChI is InChI=1S/C14H12Cl2N2O/c1-8-3-4-10(5-9(8)2)18-14(19)11-6-13(16)17-7-12(11)15/h3-7H,1-2H3,(H,18,19). The Bertz CT molecular complexity index is 641. The van der Waals surface area contributed by atoms with Crippen LogP contribution in [0.25, 0.3) is 0 Å². The van der Waals surface area contributed by atoms with Gasteiger partial charge in [-0.1, -0.05) is 29.3 Å². The zero-order valence-corrected chi connectivity index (χ0v) is 12.0. The molecule has 2 rings (SSSR count). The van der Waals surface area contributed by atoms with E-state index >= 15 is 0 Å². The highest BCUT2D eigenvalue weighted by molar-refractivity contribution is 6.35. The third kappa shape index (κ3) is 3.25. The van der Waals surface area contributed by atoms with Crippen LogP contribution in [0.5, 0.6) is 0 Å². The van der Waals surface area contributed by atoms with E-state index in [1.165, 1.54) is 17.8 Å². The van der Waals surface area contributed by atoms with Gasteiger partial charge in [0, 0.05) is 11.9 Å². The summed E-state index contributed by atoms with van der Waals surface area (Å²) in [6.45, 7) is 4.00. The van der Waals surface area contributed by atoms with Gasteiger partial charge < -0.3 is 5.32 Å². The van der Waals surface area contributed by atoms with Gasteiger partial charge in [-0.3, -0.25) is 4.79 Å². The Hall–Kier alpha value is -1.58. The Morgan fingerprint density at radius 1 is 1.16 bits per heavy atom. The zero-order valence-electron chi connectivity index (χ0n) is 10.5. The number of benzene rings is 1. The van der Waals surface area contributed by atoms with Gasteiger partial charge >= 0.3 is 0 Å². The first-order valence-electron chi connectivity index (χ1n) is 5.67. The number of hydrogen-bond acceptors (Lipinski definition) is 2. The van der Waals surface area contributed by atoms with Crippen LogP contribution in [0.1, 0.15) is 21.5 Å². The normalized spacial score (nSPS) is 10.3. The summed E-state index contributed by atoms with van der Waals surface area (Å²) in [5.41, 5.74) is 3.30. The largest absolute Gasteiger partial charge is 0.322 e. The van der Waals surface area contributed by atoms with E-state index in [0.29, 0.717) is 5.56 Å². The Kier molecular flexibility index (Phi) is 4.08. The Balaban J connectivity index is 2.25. The highest BCUT2D eigenvalue weighted by atomic mass is 35.5. The van der Waals surface area contributed by atoms with Crippen molar-refractivity contribution in [1.82, 2.24) is 4.98 Å². The minimum atomic E-state index is -0.308. The molecule has 5 heteroatoms. The molecule has 0 unspecified atom stereocenters. The number of nitrogens with one attached hydrogen (secondary N) is 1. The van der Waals surface area contributed by atoms with Crippen LogP contribution in [0.2, 0.25) is 10.2 Å². The van der Waals surface area contributed by atoms with E-state index in [9.17, 15) is 4.79 Å². The molecule has 0 aliphatic heterocycles. The summed E-state index contributed by atoms with van der Waals surface area (Å²) in [6.07, 6.45) is 1.36. The number of aromatic nitrogens is 1. The molecule has 1 N–H and O–H groups in total. The predicted octanol–water partition coefficient (Wildman–Crippen LogP) is 4.26. The second-order valence-corrected chi connectivity index (χ2v) is 5.03. The number of anilines is 1. The predicted molar refractivity (Wildman–Crippen MR) is 78.1 cm³/mol. The van der Waals surface area contributed by atoms with Gasteiger partial charge in [0.2, 0.25) is 0 Å². The van der Waals surface area contributed by atoms with Crippen molar-refractivity contribution in [2.75, 3.05) is 5.32 Å². The van der Waals surface area contributed by atoms with Gasteiger partial charge in [0.15, 0.2) is 0 Å². The molecule has 1 heterocycles. The van der Waals surface area contributed by atoms with Crippen molar-refractivity contribution in [2.45, 2.75) is 13.8 Å². The number of pyridine rings is 1. The van der Waals surface area contributed by atoms with Crippen molar-refractivity contribution in [3.05, 3.63) is 57.3 Å². The van der Waals surface area contributed by atoms with E-state index in [0.717, 1.165) is 11.3 Å². The van der Waals surface area contributed by atoms with Crippen molar-refractivity contribution in [2.24, 2.45) is 0 Å². The van der Waals surface area contributed by atoms with Gasteiger partial charge in [0.1, 0.15) is 5.15 Å². The van der Waals surface area contributed by atoms with Gasteiger partial charge in [-0.25, -0.2) is 4.98 Å². The van der Waals surface area contributed by atoms with Crippen LogP contribution in [0.3, 0.4) is 0 Å². The lowest BCUT2D eigenvalue weighted by Gasteiger charge is -2.08. The summed E-state index contributed by atoms with van der Waals surface area (Å²) in [5.74, 6) is -0.308. The minimum absolute atomic E-state index is 0.231. The fourth-order valence-electron chi connectivity index (χ4n) is 1.60. The lowest BCUT2D eigenvalue weighted by molar-refractivity contribution is 0.102. The third-order valence-corrected chi connectivity index (χ3v) is 3.34. The number of nitrogens with zero attached hydrogens (tertiary/aromatic N) is 1. The first-order chi connectivity index (χ1) is 8.97. The molecule has 0 aliphatic carbocycles. The summed E-state index contributed by atoms with van der Waals surface area (Å²) in [5, 5.41) is 3.28. The molecule has 0 radical (unpaired) electrons. The first-order valence-corrected chi connectivity index (χ1v) is 6.42. The second kappa shape index (κ2) is 5.59. The molecule has 1 aromatic heterocycles. The van der Waals surface area contributed by atoms with Crippen LogP contribution in [0, 0.1) is 13.8 Å². The van der Waals surface area contributed by atoms with E-state index in [1.54, 1.807) is 0 Å². The summed E-state index contributed by atoms with van der Waals surface area (Å²) >= 11 is 11.7. The maximum absolute atomic E-state index is 12.1. The average Bonchev–Trinajstić information content (AvgIpc) is 2.36. The fraction of sp³-hybridized carbons (Fsp3) is 0.143. The molecule has 0 fully saturated rings. The molecular weight excluding hydrogens is 283 g/mol. The Morgan fingerprint density at radius 3 is 2.58 bits per heavy atom.